The number of ether oxygens (including phenoxy) is 1. The van der Waals surface area contributed by atoms with Crippen molar-refractivity contribution in [3.05, 3.63) is 59.2 Å². The van der Waals surface area contributed by atoms with Crippen LogP contribution in [0.3, 0.4) is 0 Å². The smallest absolute Gasteiger partial charge is 0.264 e. The van der Waals surface area contributed by atoms with E-state index in [0.717, 1.165) is 26.3 Å². The molecule has 1 aromatic heterocycles. The summed E-state index contributed by atoms with van der Waals surface area (Å²) >= 11 is 1.49. The first-order chi connectivity index (χ1) is 12.2. The SMILES string of the molecule is O=C(c1cc2c(Nc3ccc(F)cc3)cccc2s1)N1CCOCC1. The maximum absolute atomic E-state index is 13.1. The van der Waals surface area contributed by atoms with Gasteiger partial charge in [0, 0.05) is 34.6 Å². The van der Waals surface area contributed by atoms with E-state index >= 15 is 0 Å². The van der Waals surface area contributed by atoms with Crippen molar-refractivity contribution >= 4 is 38.7 Å². The highest BCUT2D eigenvalue weighted by molar-refractivity contribution is 7.20. The first kappa shape index (κ1) is 16.1. The zero-order valence-corrected chi connectivity index (χ0v) is 14.3. The Morgan fingerprint density at radius 1 is 1.12 bits per heavy atom. The summed E-state index contributed by atoms with van der Waals surface area (Å²) in [4.78, 5) is 15.3. The molecule has 2 heterocycles. The average molecular weight is 356 g/mol. The summed E-state index contributed by atoms with van der Waals surface area (Å²) in [5.74, 6) is -0.213. The molecule has 25 heavy (non-hydrogen) atoms. The highest BCUT2D eigenvalue weighted by Crippen LogP contribution is 2.33. The summed E-state index contributed by atoms with van der Waals surface area (Å²) < 4.78 is 19.4. The number of nitrogens with one attached hydrogen (secondary N) is 1. The highest BCUT2D eigenvalue weighted by Gasteiger charge is 2.21. The van der Waals surface area contributed by atoms with Gasteiger partial charge in [0.1, 0.15) is 5.82 Å². The van der Waals surface area contributed by atoms with Gasteiger partial charge in [-0.2, -0.15) is 0 Å². The van der Waals surface area contributed by atoms with Gasteiger partial charge in [-0.25, -0.2) is 4.39 Å². The molecule has 2 aromatic carbocycles. The predicted octanol–water partition coefficient (Wildman–Crippen LogP) is 4.26. The van der Waals surface area contributed by atoms with Crippen molar-refractivity contribution < 1.29 is 13.9 Å². The summed E-state index contributed by atoms with van der Waals surface area (Å²) in [5, 5.41) is 4.29. The van der Waals surface area contributed by atoms with E-state index in [2.05, 4.69) is 5.32 Å². The van der Waals surface area contributed by atoms with Gasteiger partial charge in [0.05, 0.1) is 18.1 Å². The lowest BCUT2D eigenvalue weighted by atomic mass is 10.2. The normalized spacial score (nSPS) is 14.7. The quantitative estimate of drug-likeness (QED) is 0.762. The maximum atomic E-state index is 13.1. The van der Waals surface area contributed by atoms with E-state index in [4.69, 9.17) is 4.74 Å². The zero-order chi connectivity index (χ0) is 17.2. The van der Waals surface area contributed by atoms with Crippen molar-refractivity contribution in [2.45, 2.75) is 0 Å². The molecule has 128 valence electrons. The largest absolute Gasteiger partial charge is 0.378 e. The maximum Gasteiger partial charge on any atom is 0.264 e. The number of amides is 1. The molecule has 3 aromatic rings. The van der Waals surface area contributed by atoms with Crippen LogP contribution < -0.4 is 5.32 Å². The number of carbonyl (C=O) groups excluding carboxylic acids is 1. The fourth-order valence-corrected chi connectivity index (χ4v) is 3.94. The Hall–Kier alpha value is -2.44. The van der Waals surface area contributed by atoms with Gasteiger partial charge in [0.25, 0.3) is 5.91 Å². The highest BCUT2D eigenvalue weighted by atomic mass is 32.1. The third-order valence-electron chi connectivity index (χ3n) is 4.19. The summed E-state index contributed by atoms with van der Waals surface area (Å²) in [6.45, 7) is 2.45. The van der Waals surface area contributed by atoms with Gasteiger partial charge < -0.3 is 15.0 Å². The Bertz CT molecular complexity index is 901. The van der Waals surface area contributed by atoms with Gasteiger partial charge in [-0.15, -0.1) is 11.3 Å². The van der Waals surface area contributed by atoms with Crippen molar-refractivity contribution in [3.8, 4) is 0 Å². The number of carbonyl (C=O) groups is 1. The van der Waals surface area contributed by atoms with Crippen LogP contribution in [-0.4, -0.2) is 37.1 Å². The number of fused-ring (bicyclic) bond motifs is 1. The van der Waals surface area contributed by atoms with E-state index in [0.29, 0.717) is 26.3 Å². The Labute approximate surface area is 148 Å². The Balaban J connectivity index is 1.64. The van der Waals surface area contributed by atoms with Crippen LogP contribution in [0.1, 0.15) is 9.67 Å². The molecule has 1 N–H and O–H groups in total. The molecule has 6 heteroatoms. The van der Waals surface area contributed by atoms with Crippen LogP contribution in [0.4, 0.5) is 15.8 Å². The van der Waals surface area contributed by atoms with E-state index in [1.165, 1.54) is 23.5 Å². The van der Waals surface area contributed by atoms with Gasteiger partial charge >= 0.3 is 0 Å². The molecule has 0 atom stereocenters. The van der Waals surface area contributed by atoms with E-state index in [-0.39, 0.29) is 11.7 Å². The number of halogens is 1. The van der Waals surface area contributed by atoms with Crippen LogP contribution in [-0.2, 0) is 4.74 Å². The molecule has 1 aliphatic rings. The molecule has 4 rings (SSSR count). The van der Waals surface area contributed by atoms with Crippen LogP contribution in [0, 0.1) is 5.82 Å². The Kier molecular flexibility index (Phi) is 4.38. The molecule has 1 saturated heterocycles. The van der Waals surface area contributed by atoms with E-state index in [9.17, 15) is 9.18 Å². The first-order valence-electron chi connectivity index (χ1n) is 8.13. The molecule has 1 fully saturated rings. The van der Waals surface area contributed by atoms with Crippen molar-refractivity contribution in [1.82, 2.24) is 4.90 Å². The summed E-state index contributed by atoms with van der Waals surface area (Å²) in [5.41, 5.74) is 1.71. The second-order valence-corrected chi connectivity index (χ2v) is 6.95. The number of rotatable bonds is 3. The molecule has 0 unspecified atom stereocenters. The summed E-state index contributed by atoms with van der Waals surface area (Å²) in [6.07, 6.45) is 0. The van der Waals surface area contributed by atoms with Crippen LogP contribution in [0.15, 0.2) is 48.5 Å². The molecule has 1 amide bonds. The zero-order valence-electron chi connectivity index (χ0n) is 13.5. The molecule has 0 radical (unpaired) electrons. The minimum absolute atomic E-state index is 0.0530. The van der Waals surface area contributed by atoms with Crippen molar-refractivity contribution in [2.75, 3.05) is 31.6 Å². The van der Waals surface area contributed by atoms with Gasteiger partial charge in [-0.3, -0.25) is 4.79 Å². The molecule has 1 aliphatic heterocycles. The minimum atomic E-state index is -0.266. The van der Waals surface area contributed by atoms with E-state index < -0.39 is 0 Å². The van der Waals surface area contributed by atoms with E-state index in [1.807, 2.05) is 29.2 Å². The van der Waals surface area contributed by atoms with Crippen LogP contribution in [0.2, 0.25) is 0 Å². The Morgan fingerprint density at radius 2 is 1.88 bits per heavy atom. The van der Waals surface area contributed by atoms with Crippen LogP contribution in [0.5, 0.6) is 0 Å². The minimum Gasteiger partial charge on any atom is -0.378 e. The molecule has 0 saturated carbocycles. The molecule has 0 bridgehead atoms. The third kappa shape index (κ3) is 3.36. The van der Waals surface area contributed by atoms with E-state index in [1.54, 1.807) is 12.1 Å². The average Bonchev–Trinajstić information content (AvgIpc) is 3.09. The lowest BCUT2D eigenvalue weighted by molar-refractivity contribution is 0.0306. The summed E-state index contributed by atoms with van der Waals surface area (Å²) in [7, 11) is 0. The number of morpholine rings is 1. The standard InChI is InChI=1S/C19H17FN2O2S/c20-13-4-6-14(7-5-13)21-16-2-1-3-17-15(16)12-18(25-17)19(23)22-8-10-24-11-9-22/h1-7,12,21H,8-11H2. The lowest BCUT2D eigenvalue weighted by Crippen LogP contribution is -2.40. The number of nitrogens with zero attached hydrogens (tertiary/aromatic N) is 1. The predicted molar refractivity (Wildman–Crippen MR) is 98.2 cm³/mol. The molecular formula is C19H17FN2O2S. The van der Waals surface area contributed by atoms with Gasteiger partial charge in [0.2, 0.25) is 0 Å². The second-order valence-electron chi connectivity index (χ2n) is 5.86. The Morgan fingerprint density at radius 3 is 2.64 bits per heavy atom. The fourth-order valence-electron chi connectivity index (χ4n) is 2.89. The molecule has 0 aliphatic carbocycles. The topological polar surface area (TPSA) is 41.6 Å². The first-order valence-corrected chi connectivity index (χ1v) is 8.94. The molecule has 0 spiro atoms. The number of thiophene rings is 1. The molecular weight excluding hydrogens is 339 g/mol. The number of hydrogen-bond donors (Lipinski definition) is 1. The van der Waals surface area contributed by atoms with Gasteiger partial charge in [0.15, 0.2) is 0 Å². The second kappa shape index (κ2) is 6.82. The lowest BCUT2D eigenvalue weighted by Gasteiger charge is -2.26. The molecule has 4 nitrogen and oxygen atoms in total. The van der Waals surface area contributed by atoms with Crippen molar-refractivity contribution in [2.24, 2.45) is 0 Å². The van der Waals surface area contributed by atoms with Crippen LogP contribution in [0.25, 0.3) is 10.1 Å². The van der Waals surface area contributed by atoms with Gasteiger partial charge in [-0.05, 0) is 42.5 Å². The van der Waals surface area contributed by atoms with Crippen LogP contribution >= 0.6 is 11.3 Å². The monoisotopic (exact) mass is 356 g/mol. The third-order valence-corrected chi connectivity index (χ3v) is 5.28. The fraction of sp³-hybridized carbons (Fsp3) is 0.211. The number of benzene rings is 2. The van der Waals surface area contributed by atoms with Gasteiger partial charge in [-0.1, -0.05) is 6.07 Å². The number of hydrogen-bond acceptors (Lipinski definition) is 4. The van der Waals surface area contributed by atoms with Crippen molar-refractivity contribution in [1.29, 1.82) is 0 Å². The summed E-state index contributed by atoms with van der Waals surface area (Å²) in [6, 6.07) is 14.1. The number of anilines is 2. The van der Waals surface area contributed by atoms with Crippen molar-refractivity contribution in [3.63, 3.8) is 0 Å².